The monoisotopic (exact) mass is 421 g/mol. The molecule has 0 bridgehead atoms. The molecular formula is C24H24FN3O3. The van der Waals surface area contributed by atoms with Crippen LogP contribution in [0.15, 0.2) is 65.2 Å². The number of aromatic nitrogens is 1. The minimum Gasteiger partial charge on any atom is -0.461 e. The molecule has 7 heteroatoms. The van der Waals surface area contributed by atoms with E-state index in [0.29, 0.717) is 56.1 Å². The van der Waals surface area contributed by atoms with Crippen LogP contribution in [0.5, 0.6) is 0 Å². The standard InChI is InChI=1S/C24H24FN3O3/c25-21-7-2-1-6-20(21)22-10-8-19(31-22)9-11-23(29)27-13-15-28(16-14-27)24(30)17-18-5-3-4-12-26-18/h1-8,10,12H,9,11,13-17H2. The second-order valence-corrected chi connectivity index (χ2v) is 7.51. The molecule has 3 aromatic rings. The zero-order valence-electron chi connectivity index (χ0n) is 17.2. The van der Waals surface area contributed by atoms with Crippen molar-refractivity contribution in [3.63, 3.8) is 0 Å². The lowest BCUT2D eigenvalue weighted by atomic mass is 10.1. The molecule has 1 aliphatic heterocycles. The maximum absolute atomic E-state index is 13.9. The van der Waals surface area contributed by atoms with Gasteiger partial charge in [0.15, 0.2) is 0 Å². The van der Waals surface area contributed by atoms with Crippen LogP contribution in [0.3, 0.4) is 0 Å². The Morgan fingerprint density at radius 2 is 1.61 bits per heavy atom. The molecule has 6 nitrogen and oxygen atoms in total. The van der Waals surface area contributed by atoms with Crippen molar-refractivity contribution in [3.8, 4) is 11.3 Å². The van der Waals surface area contributed by atoms with Crippen molar-refractivity contribution in [3.05, 3.63) is 78.1 Å². The van der Waals surface area contributed by atoms with Gasteiger partial charge < -0.3 is 14.2 Å². The minimum absolute atomic E-state index is 0.0284. The van der Waals surface area contributed by atoms with Crippen LogP contribution in [-0.4, -0.2) is 52.8 Å². The van der Waals surface area contributed by atoms with Gasteiger partial charge in [0.1, 0.15) is 17.3 Å². The molecule has 2 amide bonds. The lowest BCUT2D eigenvalue weighted by molar-refractivity contribution is -0.139. The van der Waals surface area contributed by atoms with Crippen molar-refractivity contribution in [1.82, 2.24) is 14.8 Å². The maximum Gasteiger partial charge on any atom is 0.228 e. The molecule has 0 saturated carbocycles. The highest BCUT2D eigenvalue weighted by Gasteiger charge is 2.24. The Morgan fingerprint density at radius 3 is 2.32 bits per heavy atom. The van der Waals surface area contributed by atoms with Crippen molar-refractivity contribution < 1.29 is 18.4 Å². The molecule has 0 spiro atoms. The minimum atomic E-state index is -0.338. The summed E-state index contributed by atoms with van der Waals surface area (Å²) >= 11 is 0. The van der Waals surface area contributed by atoms with Crippen LogP contribution < -0.4 is 0 Å². The van der Waals surface area contributed by atoms with Crippen LogP contribution in [0.25, 0.3) is 11.3 Å². The Morgan fingerprint density at radius 1 is 0.903 bits per heavy atom. The molecule has 2 aromatic heterocycles. The van der Waals surface area contributed by atoms with Crippen molar-refractivity contribution in [2.45, 2.75) is 19.3 Å². The number of hydrogen-bond donors (Lipinski definition) is 0. The number of pyridine rings is 1. The van der Waals surface area contributed by atoms with Crippen molar-refractivity contribution in [2.24, 2.45) is 0 Å². The van der Waals surface area contributed by atoms with Crippen LogP contribution >= 0.6 is 0 Å². The van der Waals surface area contributed by atoms with E-state index < -0.39 is 0 Å². The highest BCUT2D eigenvalue weighted by atomic mass is 19.1. The molecule has 1 fully saturated rings. The predicted molar refractivity (Wildman–Crippen MR) is 114 cm³/mol. The highest BCUT2D eigenvalue weighted by Crippen LogP contribution is 2.25. The number of piperazine rings is 1. The molecule has 31 heavy (non-hydrogen) atoms. The molecule has 4 rings (SSSR count). The summed E-state index contributed by atoms with van der Waals surface area (Å²) in [4.78, 5) is 32.8. The third-order valence-electron chi connectivity index (χ3n) is 5.43. The zero-order valence-corrected chi connectivity index (χ0v) is 17.2. The molecule has 160 valence electrons. The van der Waals surface area contributed by atoms with Gasteiger partial charge in [-0.2, -0.15) is 0 Å². The van der Waals surface area contributed by atoms with E-state index in [1.54, 1.807) is 46.3 Å². The summed E-state index contributed by atoms with van der Waals surface area (Å²) in [5, 5.41) is 0. The third kappa shape index (κ3) is 5.17. The number of hydrogen-bond acceptors (Lipinski definition) is 4. The smallest absolute Gasteiger partial charge is 0.228 e. The Kier molecular flexibility index (Phi) is 6.40. The first-order chi connectivity index (χ1) is 15.1. The second kappa shape index (κ2) is 9.55. The number of aryl methyl sites for hydroxylation is 1. The van der Waals surface area contributed by atoms with Gasteiger partial charge >= 0.3 is 0 Å². The molecule has 0 unspecified atom stereocenters. The molecule has 0 N–H and O–H groups in total. The fourth-order valence-corrected chi connectivity index (χ4v) is 3.68. The summed E-state index contributed by atoms with van der Waals surface area (Å²) in [5.41, 5.74) is 1.16. The molecule has 0 radical (unpaired) electrons. The van der Waals surface area contributed by atoms with Gasteiger partial charge in [0, 0.05) is 50.9 Å². The Bertz CT molecular complexity index is 1040. The summed E-state index contributed by atoms with van der Waals surface area (Å²) in [6.45, 7) is 2.09. The van der Waals surface area contributed by atoms with Crippen molar-refractivity contribution in [1.29, 1.82) is 0 Å². The molecular weight excluding hydrogens is 397 g/mol. The summed E-state index contributed by atoms with van der Waals surface area (Å²) in [6, 6.07) is 15.5. The van der Waals surface area contributed by atoms with Gasteiger partial charge in [0.25, 0.3) is 0 Å². The first-order valence-corrected chi connectivity index (χ1v) is 10.4. The van der Waals surface area contributed by atoms with Gasteiger partial charge in [-0.25, -0.2) is 4.39 Å². The average Bonchev–Trinajstić information content (AvgIpc) is 3.27. The number of furan rings is 1. The molecule has 1 aromatic carbocycles. The average molecular weight is 421 g/mol. The molecule has 0 aliphatic carbocycles. The van der Waals surface area contributed by atoms with E-state index >= 15 is 0 Å². The van der Waals surface area contributed by atoms with Crippen molar-refractivity contribution >= 4 is 11.8 Å². The van der Waals surface area contributed by atoms with Gasteiger partial charge in [-0.15, -0.1) is 0 Å². The first kappa shape index (κ1) is 20.8. The SMILES string of the molecule is O=C(CCc1ccc(-c2ccccc2F)o1)N1CCN(C(=O)Cc2ccccn2)CC1. The van der Waals surface area contributed by atoms with Gasteiger partial charge in [0.2, 0.25) is 11.8 Å². The number of carbonyl (C=O) groups excluding carboxylic acids is 2. The van der Waals surface area contributed by atoms with Crippen LogP contribution in [-0.2, 0) is 22.4 Å². The molecule has 1 aliphatic rings. The summed E-state index contributed by atoms with van der Waals surface area (Å²) in [7, 11) is 0. The van der Waals surface area contributed by atoms with E-state index in [1.165, 1.54) is 6.07 Å². The normalized spacial score (nSPS) is 14.0. The number of amides is 2. The number of rotatable bonds is 6. The van der Waals surface area contributed by atoms with Crippen LogP contribution in [0.1, 0.15) is 17.9 Å². The number of benzene rings is 1. The molecule has 0 atom stereocenters. The maximum atomic E-state index is 13.9. The van der Waals surface area contributed by atoms with E-state index in [0.717, 1.165) is 5.69 Å². The number of carbonyl (C=O) groups is 2. The Hall–Kier alpha value is -3.48. The predicted octanol–water partition coefficient (Wildman–Crippen LogP) is 3.33. The second-order valence-electron chi connectivity index (χ2n) is 7.51. The molecule has 1 saturated heterocycles. The number of halogens is 1. The number of nitrogens with zero attached hydrogens (tertiary/aromatic N) is 3. The van der Waals surface area contributed by atoms with E-state index in [4.69, 9.17) is 4.42 Å². The third-order valence-corrected chi connectivity index (χ3v) is 5.43. The van der Waals surface area contributed by atoms with E-state index in [1.807, 2.05) is 18.2 Å². The highest BCUT2D eigenvalue weighted by molar-refractivity contribution is 5.79. The Labute approximate surface area is 180 Å². The van der Waals surface area contributed by atoms with Crippen LogP contribution in [0.4, 0.5) is 4.39 Å². The van der Waals surface area contributed by atoms with E-state index in [9.17, 15) is 14.0 Å². The summed E-state index contributed by atoms with van der Waals surface area (Å²) in [5.74, 6) is 0.828. The van der Waals surface area contributed by atoms with Crippen molar-refractivity contribution in [2.75, 3.05) is 26.2 Å². The van der Waals surface area contributed by atoms with E-state index in [2.05, 4.69) is 4.98 Å². The zero-order chi connectivity index (χ0) is 21.6. The quantitative estimate of drug-likeness (QED) is 0.612. The van der Waals surface area contributed by atoms with Gasteiger partial charge in [0.05, 0.1) is 12.0 Å². The van der Waals surface area contributed by atoms with Gasteiger partial charge in [-0.1, -0.05) is 18.2 Å². The van der Waals surface area contributed by atoms with Crippen LogP contribution in [0, 0.1) is 5.82 Å². The fraction of sp³-hybridized carbons (Fsp3) is 0.292. The van der Waals surface area contributed by atoms with Gasteiger partial charge in [-0.05, 0) is 36.4 Å². The topological polar surface area (TPSA) is 66.7 Å². The largest absolute Gasteiger partial charge is 0.461 e. The van der Waals surface area contributed by atoms with Crippen LogP contribution in [0.2, 0.25) is 0 Å². The first-order valence-electron chi connectivity index (χ1n) is 10.4. The fourth-order valence-electron chi connectivity index (χ4n) is 3.68. The van der Waals surface area contributed by atoms with Gasteiger partial charge in [-0.3, -0.25) is 14.6 Å². The lowest BCUT2D eigenvalue weighted by Crippen LogP contribution is -2.51. The Balaban J connectivity index is 1.24. The lowest BCUT2D eigenvalue weighted by Gasteiger charge is -2.34. The summed E-state index contributed by atoms with van der Waals surface area (Å²) < 4.78 is 19.6. The molecule has 3 heterocycles. The van der Waals surface area contributed by atoms with E-state index in [-0.39, 0.29) is 24.1 Å². The summed E-state index contributed by atoms with van der Waals surface area (Å²) in [6.07, 6.45) is 2.72.